The van der Waals surface area contributed by atoms with Gasteiger partial charge >= 0.3 is 12.3 Å². The van der Waals surface area contributed by atoms with E-state index in [0.29, 0.717) is 16.3 Å². The van der Waals surface area contributed by atoms with Crippen LogP contribution in [0.25, 0.3) is 0 Å². The van der Waals surface area contributed by atoms with Crippen molar-refractivity contribution in [1.29, 1.82) is 0 Å². The van der Waals surface area contributed by atoms with Crippen LogP contribution < -0.4 is 16.0 Å². The molecule has 4 nitrogen and oxygen atoms in total. The zero-order chi connectivity index (χ0) is 16.0. The molecule has 0 aliphatic rings. The van der Waals surface area contributed by atoms with Gasteiger partial charge in [0.25, 0.3) is 0 Å². The van der Waals surface area contributed by atoms with E-state index in [4.69, 9.17) is 22.2 Å². The number of nitrogens with one attached hydrogen (secondary N) is 1. The molecular formula is C12H15ClF4N2O2. The minimum absolute atomic E-state index is 0.316. The van der Waals surface area contributed by atoms with Crippen LogP contribution in [0.4, 0.5) is 17.6 Å². The molecule has 0 heterocycles. The highest BCUT2D eigenvalue weighted by Crippen LogP contribution is 2.28. The Balaban J connectivity index is 2.67. The van der Waals surface area contributed by atoms with E-state index in [2.05, 4.69) is 10.2 Å². The van der Waals surface area contributed by atoms with Crippen molar-refractivity contribution >= 4 is 11.6 Å². The third kappa shape index (κ3) is 4.99. The molecule has 9 heteroatoms. The quantitative estimate of drug-likeness (QED) is 0.437. The summed E-state index contributed by atoms with van der Waals surface area (Å²) in [6, 6.07) is 3.99. The lowest BCUT2D eigenvalue weighted by Gasteiger charge is -2.20. The lowest BCUT2D eigenvalue weighted by molar-refractivity contribution is -0.167. The number of hydrazine groups is 1. The van der Waals surface area contributed by atoms with Gasteiger partial charge in [-0.25, -0.2) is 8.78 Å². The van der Waals surface area contributed by atoms with Crippen LogP contribution in [0, 0.1) is 0 Å². The Labute approximate surface area is 124 Å². The van der Waals surface area contributed by atoms with Gasteiger partial charge in [0.2, 0.25) is 0 Å². The van der Waals surface area contributed by atoms with E-state index in [0.717, 1.165) is 0 Å². The summed E-state index contributed by atoms with van der Waals surface area (Å²) in [5.41, 5.74) is 2.90. The number of nitrogens with two attached hydrogens (primary N) is 1. The highest BCUT2D eigenvalue weighted by molar-refractivity contribution is 6.32. The normalized spacial score (nSPS) is 13.5. The van der Waals surface area contributed by atoms with Crippen LogP contribution in [0.15, 0.2) is 18.2 Å². The Bertz CT molecular complexity index is 463. The molecule has 0 fully saturated rings. The minimum atomic E-state index is -4.20. The van der Waals surface area contributed by atoms with Gasteiger partial charge in [-0.1, -0.05) is 17.7 Å². The molecule has 0 aromatic heterocycles. The van der Waals surface area contributed by atoms with Crippen LogP contribution in [0.2, 0.25) is 5.02 Å². The molecule has 0 amide bonds. The van der Waals surface area contributed by atoms with E-state index in [1.54, 1.807) is 12.1 Å². The SMILES string of the molecule is COc1cc(C(COCC(F)(F)C(F)F)NN)ccc1Cl. The van der Waals surface area contributed by atoms with Crippen LogP contribution in [0.3, 0.4) is 0 Å². The smallest absolute Gasteiger partial charge is 0.330 e. The van der Waals surface area contributed by atoms with Gasteiger partial charge in [0.1, 0.15) is 12.4 Å². The van der Waals surface area contributed by atoms with E-state index in [1.807, 2.05) is 0 Å². The van der Waals surface area contributed by atoms with Gasteiger partial charge in [0, 0.05) is 0 Å². The van der Waals surface area contributed by atoms with E-state index >= 15 is 0 Å². The van der Waals surface area contributed by atoms with Crippen LogP contribution in [-0.2, 0) is 4.74 Å². The van der Waals surface area contributed by atoms with Crippen molar-refractivity contribution in [3.8, 4) is 5.75 Å². The number of ether oxygens (including phenoxy) is 2. The predicted octanol–water partition coefficient (Wildman–Crippen LogP) is 2.77. The maximum atomic E-state index is 12.7. The minimum Gasteiger partial charge on any atom is -0.495 e. The molecule has 0 aliphatic heterocycles. The van der Waals surface area contributed by atoms with E-state index in [9.17, 15) is 17.6 Å². The summed E-state index contributed by atoms with van der Waals surface area (Å²) in [6.07, 6.45) is -3.78. The summed E-state index contributed by atoms with van der Waals surface area (Å²) in [7, 11) is 1.41. The van der Waals surface area contributed by atoms with Gasteiger partial charge in [-0.15, -0.1) is 0 Å². The lowest BCUT2D eigenvalue weighted by Crippen LogP contribution is -2.36. The standard InChI is InChI=1S/C12H15ClF4N2O2/c1-20-10-4-7(2-3-8(10)13)9(19-18)5-21-6-12(16,17)11(14)15/h2-4,9,11,19H,5-6,18H2,1H3. The topological polar surface area (TPSA) is 56.5 Å². The number of halogens is 5. The van der Waals surface area contributed by atoms with Crippen LogP contribution in [0.5, 0.6) is 5.75 Å². The Kier molecular flexibility index (Phi) is 6.66. The summed E-state index contributed by atoms with van der Waals surface area (Å²) < 4.78 is 59.0. The number of alkyl halides is 4. The Morgan fingerprint density at radius 2 is 2.05 bits per heavy atom. The summed E-state index contributed by atoms with van der Waals surface area (Å²) in [6.45, 7) is -1.71. The maximum Gasteiger partial charge on any atom is 0.330 e. The molecule has 0 bridgehead atoms. The van der Waals surface area contributed by atoms with Gasteiger partial charge in [0.15, 0.2) is 0 Å². The zero-order valence-corrected chi connectivity index (χ0v) is 11.8. The third-order valence-corrected chi connectivity index (χ3v) is 2.99. The van der Waals surface area contributed by atoms with Gasteiger partial charge in [-0.3, -0.25) is 11.3 Å². The van der Waals surface area contributed by atoms with Crippen molar-refractivity contribution in [3.63, 3.8) is 0 Å². The predicted molar refractivity (Wildman–Crippen MR) is 69.8 cm³/mol. The highest BCUT2D eigenvalue weighted by atomic mass is 35.5. The van der Waals surface area contributed by atoms with Gasteiger partial charge in [-0.2, -0.15) is 8.78 Å². The molecule has 0 saturated heterocycles. The fraction of sp³-hybridized carbons (Fsp3) is 0.500. The number of rotatable bonds is 8. The van der Waals surface area contributed by atoms with Crippen LogP contribution in [0.1, 0.15) is 11.6 Å². The fourth-order valence-electron chi connectivity index (χ4n) is 1.51. The largest absolute Gasteiger partial charge is 0.495 e. The molecule has 1 aromatic rings. The lowest BCUT2D eigenvalue weighted by atomic mass is 10.1. The molecule has 1 rings (SSSR count). The van der Waals surface area contributed by atoms with Gasteiger partial charge in [0.05, 0.1) is 24.8 Å². The number of methoxy groups -OCH3 is 1. The molecule has 1 aromatic carbocycles. The maximum absolute atomic E-state index is 12.7. The van der Waals surface area contributed by atoms with Crippen molar-refractivity contribution in [1.82, 2.24) is 5.43 Å². The highest BCUT2D eigenvalue weighted by Gasteiger charge is 2.41. The van der Waals surface area contributed by atoms with Crippen LogP contribution in [-0.4, -0.2) is 32.7 Å². The van der Waals surface area contributed by atoms with Gasteiger partial charge < -0.3 is 9.47 Å². The second-order valence-corrected chi connectivity index (χ2v) is 4.60. The Morgan fingerprint density at radius 1 is 1.38 bits per heavy atom. The van der Waals surface area contributed by atoms with Crippen molar-refractivity contribution in [2.45, 2.75) is 18.4 Å². The third-order valence-electron chi connectivity index (χ3n) is 2.68. The van der Waals surface area contributed by atoms with Gasteiger partial charge in [-0.05, 0) is 17.7 Å². The molecule has 120 valence electrons. The fourth-order valence-corrected chi connectivity index (χ4v) is 1.70. The van der Waals surface area contributed by atoms with Crippen molar-refractivity contribution in [2.75, 3.05) is 20.3 Å². The molecule has 0 radical (unpaired) electrons. The first-order valence-electron chi connectivity index (χ1n) is 5.85. The second kappa shape index (κ2) is 7.79. The Morgan fingerprint density at radius 3 is 2.57 bits per heavy atom. The second-order valence-electron chi connectivity index (χ2n) is 4.19. The summed E-state index contributed by atoms with van der Waals surface area (Å²) in [4.78, 5) is 0. The average Bonchev–Trinajstić information content (AvgIpc) is 2.44. The molecule has 1 atom stereocenters. The van der Waals surface area contributed by atoms with E-state index in [1.165, 1.54) is 13.2 Å². The van der Waals surface area contributed by atoms with Crippen LogP contribution >= 0.6 is 11.6 Å². The molecular weight excluding hydrogens is 316 g/mol. The first-order chi connectivity index (χ1) is 9.81. The molecule has 21 heavy (non-hydrogen) atoms. The number of hydrogen-bond acceptors (Lipinski definition) is 4. The van der Waals surface area contributed by atoms with E-state index < -0.39 is 25.0 Å². The monoisotopic (exact) mass is 330 g/mol. The zero-order valence-electron chi connectivity index (χ0n) is 11.1. The molecule has 0 saturated carbocycles. The molecule has 0 spiro atoms. The summed E-state index contributed by atoms with van der Waals surface area (Å²) in [5.74, 6) is 1.47. The first kappa shape index (κ1) is 18.0. The van der Waals surface area contributed by atoms with Crippen molar-refractivity contribution in [3.05, 3.63) is 28.8 Å². The van der Waals surface area contributed by atoms with Crippen molar-refractivity contribution in [2.24, 2.45) is 5.84 Å². The number of hydrogen-bond donors (Lipinski definition) is 2. The molecule has 3 N–H and O–H groups in total. The first-order valence-corrected chi connectivity index (χ1v) is 6.23. The summed E-state index contributed by atoms with van der Waals surface area (Å²) >= 11 is 5.85. The number of benzene rings is 1. The van der Waals surface area contributed by atoms with E-state index in [-0.39, 0.29) is 6.61 Å². The van der Waals surface area contributed by atoms with Crippen molar-refractivity contribution < 1.29 is 27.0 Å². The molecule has 0 aliphatic carbocycles. The summed E-state index contributed by atoms with van der Waals surface area (Å²) in [5, 5.41) is 0.363. The molecule has 1 unspecified atom stereocenters. The Hall–Kier alpha value is -1.09. The average molecular weight is 331 g/mol.